The zero-order chi connectivity index (χ0) is 16.8. The molecule has 1 aliphatic heterocycles. The summed E-state index contributed by atoms with van der Waals surface area (Å²) in [5.74, 6) is 0.0168. The monoisotopic (exact) mass is 326 g/mol. The van der Waals surface area contributed by atoms with Crippen LogP contribution in [0.1, 0.15) is 36.5 Å². The van der Waals surface area contributed by atoms with Crippen LogP contribution in [0, 0.1) is 0 Å². The van der Waals surface area contributed by atoms with Crippen LogP contribution in [0.25, 0.3) is 11.3 Å². The lowest BCUT2D eigenvalue weighted by Crippen LogP contribution is -2.43. The second-order valence-corrected chi connectivity index (χ2v) is 5.95. The first-order valence-corrected chi connectivity index (χ1v) is 8.40. The molecule has 2 aromatic heterocycles. The summed E-state index contributed by atoms with van der Waals surface area (Å²) in [7, 11) is 0. The van der Waals surface area contributed by atoms with Crippen LogP contribution in [0.15, 0.2) is 37.1 Å². The quantitative estimate of drug-likeness (QED) is 0.845. The van der Waals surface area contributed by atoms with E-state index >= 15 is 0 Å². The molecule has 0 aromatic carbocycles. The van der Waals surface area contributed by atoms with Gasteiger partial charge in [-0.15, -0.1) is 0 Å². The van der Waals surface area contributed by atoms with Crippen LogP contribution in [0.5, 0.6) is 0 Å². The lowest BCUT2D eigenvalue weighted by molar-refractivity contribution is 0.00210. The number of likely N-dealkylation sites (tertiary alicyclic amines) is 1. The molecular formula is C18H22N4O2. The maximum Gasteiger partial charge on any atom is 0.255 e. The number of aromatic nitrogens is 3. The fraction of sp³-hybridized carbons (Fsp3) is 0.444. The molecule has 24 heavy (non-hydrogen) atoms. The standard InChI is InChI=1S/C18H22N4O2/c1-2-8-24-16-4-3-7-22(12-16)18(23)14-5-6-17(21-11-14)15-9-19-13-20-10-15/h5-6,9-11,13,16H,2-4,7-8,12H2,1H3. The Bertz CT molecular complexity index is 660. The number of rotatable bonds is 5. The number of hydrogen-bond donors (Lipinski definition) is 0. The minimum atomic E-state index is 0.0168. The van der Waals surface area contributed by atoms with Gasteiger partial charge in [0.15, 0.2) is 0 Å². The molecule has 0 spiro atoms. The van der Waals surface area contributed by atoms with Crippen molar-refractivity contribution in [1.82, 2.24) is 19.9 Å². The second-order valence-electron chi connectivity index (χ2n) is 5.95. The van der Waals surface area contributed by atoms with Gasteiger partial charge in [-0.25, -0.2) is 9.97 Å². The summed E-state index contributed by atoms with van der Waals surface area (Å²) in [6, 6.07) is 3.65. The van der Waals surface area contributed by atoms with E-state index in [9.17, 15) is 4.79 Å². The minimum absolute atomic E-state index is 0.0168. The fourth-order valence-corrected chi connectivity index (χ4v) is 2.85. The minimum Gasteiger partial charge on any atom is -0.376 e. The Hall–Kier alpha value is -2.34. The van der Waals surface area contributed by atoms with Gasteiger partial charge in [0.25, 0.3) is 5.91 Å². The Morgan fingerprint density at radius 2 is 2.12 bits per heavy atom. The van der Waals surface area contributed by atoms with E-state index in [-0.39, 0.29) is 12.0 Å². The topological polar surface area (TPSA) is 68.2 Å². The van der Waals surface area contributed by atoms with Gasteiger partial charge in [-0.1, -0.05) is 6.92 Å². The predicted octanol–water partition coefficient (Wildman–Crippen LogP) is 2.57. The van der Waals surface area contributed by atoms with Crippen LogP contribution in [0.3, 0.4) is 0 Å². The van der Waals surface area contributed by atoms with Gasteiger partial charge < -0.3 is 9.64 Å². The molecule has 2 aromatic rings. The molecule has 1 fully saturated rings. The van der Waals surface area contributed by atoms with Crippen LogP contribution in [-0.4, -0.2) is 51.6 Å². The molecule has 0 radical (unpaired) electrons. The van der Waals surface area contributed by atoms with Crippen LogP contribution in [0.4, 0.5) is 0 Å². The molecule has 3 rings (SSSR count). The van der Waals surface area contributed by atoms with Crippen molar-refractivity contribution in [3.63, 3.8) is 0 Å². The Morgan fingerprint density at radius 1 is 1.29 bits per heavy atom. The van der Waals surface area contributed by atoms with E-state index in [1.807, 2.05) is 17.0 Å². The van der Waals surface area contributed by atoms with Crippen molar-refractivity contribution in [2.75, 3.05) is 19.7 Å². The van der Waals surface area contributed by atoms with E-state index in [0.29, 0.717) is 12.1 Å². The highest BCUT2D eigenvalue weighted by atomic mass is 16.5. The van der Waals surface area contributed by atoms with Gasteiger partial charge in [0.2, 0.25) is 0 Å². The van der Waals surface area contributed by atoms with Crippen molar-refractivity contribution in [2.24, 2.45) is 0 Å². The zero-order valence-corrected chi connectivity index (χ0v) is 13.9. The number of nitrogens with zero attached hydrogens (tertiary/aromatic N) is 4. The van der Waals surface area contributed by atoms with Crippen LogP contribution in [0.2, 0.25) is 0 Å². The van der Waals surface area contributed by atoms with Gasteiger partial charge in [0.05, 0.1) is 17.4 Å². The summed E-state index contributed by atoms with van der Waals surface area (Å²) < 4.78 is 5.80. The average molecular weight is 326 g/mol. The van der Waals surface area contributed by atoms with Gasteiger partial charge in [-0.3, -0.25) is 9.78 Å². The maximum atomic E-state index is 12.7. The van der Waals surface area contributed by atoms with E-state index in [1.165, 1.54) is 6.33 Å². The molecule has 1 amide bonds. The Balaban J connectivity index is 1.66. The highest BCUT2D eigenvalue weighted by molar-refractivity contribution is 5.94. The summed E-state index contributed by atoms with van der Waals surface area (Å²) in [6.07, 6.45) is 9.67. The summed E-state index contributed by atoms with van der Waals surface area (Å²) in [5.41, 5.74) is 2.20. The SMILES string of the molecule is CCCOC1CCCN(C(=O)c2ccc(-c3cncnc3)nc2)C1. The van der Waals surface area contributed by atoms with Crippen LogP contribution < -0.4 is 0 Å². The fourth-order valence-electron chi connectivity index (χ4n) is 2.85. The van der Waals surface area contributed by atoms with Crippen molar-refractivity contribution in [3.8, 4) is 11.3 Å². The normalized spacial score (nSPS) is 17.7. The largest absolute Gasteiger partial charge is 0.376 e. The van der Waals surface area contributed by atoms with Crippen molar-refractivity contribution in [3.05, 3.63) is 42.6 Å². The van der Waals surface area contributed by atoms with Crippen molar-refractivity contribution < 1.29 is 9.53 Å². The molecular weight excluding hydrogens is 304 g/mol. The first kappa shape index (κ1) is 16.5. The summed E-state index contributed by atoms with van der Waals surface area (Å²) >= 11 is 0. The Kier molecular flexibility index (Phi) is 5.48. The molecule has 0 bridgehead atoms. The Morgan fingerprint density at radius 3 is 2.83 bits per heavy atom. The second kappa shape index (κ2) is 7.97. The molecule has 1 atom stereocenters. The molecule has 0 N–H and O–H groups in total. The number of amides is 1. The average Bonchev–Trinajstić information content (AvgIpc) is 2.67. The summed E-state index contributed by atoms with van der Waals surface area (Å²) in [6.45, 7) is 4.28. The van der Waals surface area contributed by atoms with Gasteiger partial charge >= 0.3 is 0 Å². The summed E-state index contributed by atoms with van der Waals surface area (Å²) in [4.78, 5) is 26.9. The van der Waals surface area contributed by atoms with E-state index in [2.05, 4.69) is 21.9 Å². The highest BCUT2D eigenvalue weighted by Crippen LogP contribution is 2.18. The number of ether oxygens (including phenoxy) is 1. The number of hydrogen-bond acceptors (Lipinski definition) is 5. The first-order valence-electron chi connectivity index (χ1n) is 8.40. The number of piperidine rings is 1. The van der Waals surface area contributed by atoms with Gasteiger partial charge in [0, 0.05) is 43.9 Å². The number of carbonyl (C=O) groups is 1. The van der Waals surface area contributed by atoms with E-state index < -0.39 is 0 Å². The third-order valence-corrected chi connectivity index (χ3v) is 4.09. The molecule has 1 unspecified atom stereocenters. The third kappa shape index (κ3) is 3.94. The van der Waals surface area contributed by atoms with E-state index in [0.717, 1.165) is 43.7 Å². The Labute approximate surface area is 141 Å². The van der Waals surface area contributed by atoms with E-state index in [1.54, 1.807) is 18.6 Å². The van der Waals surface area contributed by atoms with Crippen molar-refractivity contribution in [2.45, 2.75) is 32.3 Å². The van der Waals surface area contributed by atoms with Crippen LogP contribution >= 0.6 is 0 Å². The highest BCUT2D eigenvalue weighted by Gasteiger charge is 2.25. The van der Waals surface area contributed by atoms with Crippen molar-refractivity contribution >= 4 is 5.91 Å². The maximum absolute atomic E-state index is 12.7. The smallest absolute Gasteiger partial charge is 0.255 e. The third-order valence-electron chi connectivity index (χ3n) is 4.09. The van der Waals surface area contributed by atoms with Crippen molar-refractivity contribution in [1.29, 1.82) is 0 Å². The van der Waals surface area contributed by atoms with Gasteiger partial charge in [-0.05, 0) is 31.4 Å². The molecule has 3 heterocycles. The molecule has 6 heteroatoms. The molecule has 1 aliphatic rings. The van der Waals surface area contributed by atoms with Gasteiger partial charge in [-0.2, -0.15) is 0 Å². The molecule has 6 nitrogen and oxygen atoms in total. The molecule has 0 saturated carbocycles. The van der Waals surface area contributed by atoms with Gasteiger partial charge in [0.1, 0.15) is 6.33 Å². The molecule has 1 saturated heterocycles. The number of pyridine rings is 1. The first-order chi connectivity index (χ1) is 11.8. The predicted molar refractivity (Wildman–Crippen MR) is 90.4 cm³/mol. The molecule has 0 aliphatic carbocycles. The lowest BCUT2D eigenvalue weighted by atomic mass is 10.1. The lowest BCUT2D eigenvalue weighted by Gasteiger charge is -2.32. The zero-order valence-electron chi connectivity index (χ0n) is 13.9. The van der Waals surface area contributed by atoms with E-state index in [4.69, 9.17) is 4.74 Å². The summed E-state index contributed by atoms with van der Waals surface area (Å²) in [5, 5.41) is 0. The number of carbonyl (C=O) groups excluding carboxylic acids is 1. The van der Waals surface area contributed by atoms with Crippen LogP contribution in [-0.2, 0) is 4.74 Å². The molecule has 126 valence electrons.